The second-order valence-corrected chi connectivity index (χ2v) is 3.36. The van der Waals surface area contributed by atoms with Crippen LogP contribution >= 0.6 is 12.2 Å². The molecule has 0 fully saturated rings. The van der Waals surface area contributed by atoms with Gasteiger partial charge < -0.3 is 14.8 Å². The summed E-state index contributed by atoms with van der Waals surface area (Å²) >= 11 is 4.92. The lowest BCUT2D eigenvalue weighted by Crippen LogP contribution is -2.02. The molecule has 1 aliphatic heterocycles. The third kappa shape index (κ3) is 1.72. The average molecular weight is 195 g/mol. The molecule has 0 saturated carbocycles. The zero-order chi connectivity index (χ0) is 9.26. The van der Waals surface area contributed by atoms with Crippen molar-refractivity contribution in [1.82, 2.24) is 0 Å². The second-order valence-electron chi connectivity index (χ2n) is 2.75. The van der Waals surface area contributed by atoms with E-state index >= 15 is 0 Å². The van der Waals surface area contributed by atoms with Crippen LogP contribution in [-0.2, 0) is 0 Å². The van der Waals surface area contributed by atoms with Gasteiger partial charge in [0.25, 0.3) is 0 Å². The zero-order valence-corrected chi connectivity index (χ0v) is 7.98. The van der Waals surface area contributed by atoms with Gasteiger partial charge in [-0.3, -0.25) is 0 Å². The summed E-state index contributed by atoms with van der Waals surface area (Å²) in [7, 11) is 0. The molecule has 1 aromatic rings. The predicted octanol–water partition coefficient (Wildman–Crippen LogP) is 2.17. The third-order valence-corrected chi connectivity index (χ3v) is 1.80. The number of hydrogen-bond donors (Lipinski definition) is 1. The Hall–Kier alpha value is -1.29. The van der Waals surface area contributed by atoms with Crippen LogP contribution < -0.4 is 14.8 Å². The first kappa shape index (κ1) is 8.31. The van der Waals surface area contributed by atoms with Crippen LogP contribution in [0.15, 0.2) is 18.2 Å². The van der Waals surface area contributed by atoms with E-state index in [1.807, 2.05) is 25.1 Å². The summed E-state index contributed by atoms with van der Waals surface area (Å²) in [5, 5.41) is 3.03. The van der Waals surface area contributed by atoms with Gasteiger partial charge in [-0.15, -0.1) is 0 Å². The fraction of sp³-hybridized carbons (Fsp3) is 0.222. The third-order valence-electron chi connectivity index (χ3n) is 1.69. The standard InChI is InChI=1S/C9H9NO2S/c1-6(13)10-7-2-3-8-9(4-7)12-5-11-8/h2-4H,5H2,1H3,(H,10,13). The number of nitrogens with one attached hydrogen (secondary N) is 1. The number of thiocarbonyl (C=S) groups is 1. The van der Waals surface area contributed by atoms with E-state index in [0.717, 1.165) is 22.2 Å². The molecule has 0 radical (unpaired) electrons. The Balaban J connectivity index is 2.25. The van der Waals surface area contributed by atoms with Crippen LogP contribution in [0.5, 0.6) is 11.5 Å². The lowest BCUT2D eigenvalue weighted by molar-refractivity contribution is 0.174. The van der Waals surface area contributed by atoms with E-state index in [1.54, 1.807) is 0 Å². The van der Waals surface area contributed by atoms with Gasteiger partial charge in [0, 0.05) is 11.8 Å². The molecular weight excluding hydrogens is 186 g/mol. The highest BCUT2D eigenvalue weighted by atomic mass is 32.1. The Morgan fingerprint density at radius 3 is 2.92 bits per heavy atom. The van der Waals surface area contributed by atoms with Crippen LogP contribution in [0.2, 0.25) is 0 Å². The molecule has 68 valence electrons. The summed E-state index contributed by atoms with van der Waals surface area (Å²) in [6.07, 6.45) is 0. The molecule has 1 N–H and O–H groups in total. The van der Waals surface area contributed by atoms with Crippen molar-refractivity contribution >= 4 is 22.9 Å². The average Bonchev–Trinajstić information content (AvgIpc) is 2.49. The van der Waals surface area contributed by atoms with Crippen molar-refractivity contribution in [2.45, 2.75) is 6.92 Å². The smallest absolute Gasteiger partial charge is 0.231 e. The van der Waals surface area contributed by atoms with Crippen molar-refractivity contribution < 1.29 is 9.47 Å². The Morgan fingerprint density at radius 2 is 2.15 bits per heavy atom. The van der Waals surface area contributed by atoms with E-state index in [9.17, 15) is 0 Å². The van der Waals surface area contributed by atoms with E-state index in [2.05, 4.69) is 5.32 Å². The van der Waals surface area contributed by atoms with Crippen LogP contribution in [-0.4, -0.2) is 11.8 Å². The molecule has 0 atom stereocenters. The van der Waals surface area contributed by atoms with Crippen molar-refractivity contribution in [3.63, 3.8) is 0 Å². The summed E-state index contributed by atoms with van der Waals surface area (Å²) < 4.78 is 10.4. The van der Waals surface area contributed by atoms with Gasteiger partial charge in [-0.1, -0.05) is 12.2 Å². The highest BCUT2D eigenvalue weighted by Crippen LogP contribution is 2.34. The van der Waals surface area contributed by atoms with Gasteiger partial charge in [0.2, 0.25) is 6.79 Å². The number of anilines is 1. The van der Waals surface area contributed by atoms with Crippen LogP contribution in [0.3, 0.4) is 0 Å². The molecule has 0 amide bonds. The maximum Gasteiger partial charge on any atom is 0.231 e. The Labute approximate surface area is 81.7 Å². The van der Waals surface area contributed by atoms with E-state index in [4.69, 9.17) is 21.7 Å². The van der Waals surface area contributed by atoms with Crippen molar-refractivity contribution in [2.24, 2.45) is 0 Å². The SMILES string of the molecule is CC(=S)Nc1ccc2c(c1)OCO2. The first-order valence-electron chi connectivity index (χ1n) is 3.93. The Kier molecular flexibility index (Phi) is 2.06. The molecule has 0 unspecified atom stereocenters. The number of benzene rings is 1. The minimum absolute atomic E-state index is 0.301. The normalized spacial score (nSPS) is 12.7. The molecule has 3 nitrogen and oxygen atoms in total. The largest absolute Gasteiger partial charge is 0.454 e. The summed E-state index contributed by atoms with van der Waals surface area (Å²) in [5.74, 6) is 1.55. The van der Waals surface area contributed by atoms with Gasteiger partial charge in [-0.25, -0.2) is 0 Å². The van der Waals surface area contributed by atoms with Crippen LogP contribution in [0.25, 0.3) is 0 Å². The maximum atomic E-state index is 5.22. The molecule has 13 heavy (non-hydrogen) atoms. The van der Waals surface area contributed by atoms with E-state index in [-0.39, 0.29) is 0 Å². The summed E-state index contributed by atoms with van der Waals surface area (Å²) in [6, 6.07) is 5.64. The fourth-order valence-corrected chi connectivity index (χ4v) is 1.30. The maximum absolute atomic E-state index is 5.22. The first-order chi connectivity index (χ1) is 6.25. The van der Waals surface area contributed by atoms with Crippen molar-refractivity contribution in [3.05, 3.63) is 18.2 Å². The van der Waals surface area contributed by atoms with Crippen LogP contribution in [0.1, 0.15) is 6.92 Å². The lowest BCUT2D eigenvalue weighted by atomic mass is 10.3. The molecular formula is C9H9NO2S. The second kappa shape index (κ2) is 3.22. The minimum Gasteiger partial charge on any atom is -0.454 e. The van der Waals surface area contributed by atoms with Gasteiger partial charge in [0.15, 0.2) is 11.5 Å². The highest BCUT2D eigenvalue weighted by molar-refractivity contribution is 7.80. The monoisotopic (exact) mass is 195 g/mol. The summed E-state index contributed by atoms with van der Waals surface area (Å²) in [6.45, 7) is 2.13. The van der Waals surface area contributed by atoms with Crippen molar-refractivity contribution in [3.8, 4) is 11.5 Å². The first-order valence-corrected chi connectivity index (χ1v) is 4.34. The van der Waals surface area contributed by atoms with Gasteiger partial charge in [0.05, 0.1) is 4.99 Å². The molecule has 1 aliphatic rings. The fourth-order valence-electron chi connectivity index (χ4n) is 1.18. The van der Waals surface area contributed by atoms with Gasteiger partial charge in [-0.05, 0) is 19.1 Å². The Bertz CT molecular complexity index is 351. The molecule has 0 spiro atoms. The zero-order valence-electron chi connectivity index (χ0n) is 7.16. The molecule has 4 heteroatoms. The minimum atomic E-state index is 0.301. The summed E-state index contributed by atoms with van der Waals surface area (Å²) in [5.41, 5.74) is 0.928. The molecule has 2 rings (SSSR count). The molecule has 0 aromatic heterocycles. The van der Waals surface area contributed by atoms with Gasteiger partial charge >= 0.3 is 0 Å². The van der Waals surface area contributed by atoms with Crippen LogP contribution in [0, 0.1) is 0 Å². The van der Waals surface area contributed by atoms with E-state index in [0.29, 0.717) is 6.79 Å². The number of rotatable bonds is 1. The van der Waals surface area contributed by atoms with E-state index in [1.165, 1.54) is 0 Å². The van der Waals surface area contributed by atoms with E-state index < -0.39 is 0 Å². The molecule has 0 saturated heterocycles. The van der Waals surface area contributed by atoms with Crippen molar-refractivity contribution in [2.75, 3.05) is 12.1 Å². The number of hydrogen-bond acceptors (Lipinski definition) is 3. The molecule has 1 heterocycles. The molecule has 1 aromatic carbocycles. The molecule has 0 bridgehead atoms. The van der Waals surface area contributed by atoms with Gasteiger partial charge in [0.1, 0.15) is 0 Å². The number of fused-ring (bicyclic) bond motifs is 1. The van der Waals surface area contributed by atoms with Gasteiger partial charge in [-0.2, -0.15) is 0 Å². The topological polar surface area (TPSA) is 30.5 Å². The van der Waals surface area contributed by atoms with Crippen molar-refractivity contribution in [1.29, 1.82) is 0 Å². The Morgan fingerprint density at radius 1 is 1.38 bits per heavy atom. The molecule has 0 aliphatic carbocycles. The van der Waals surface area contributed by atoms with Crippen LogP contribution in [0.4, 0.5) is 5.69 Å². The summed E-state index contributed by atoms with van der Waals surface area (Å²) in [4.78, 5) is 0.735. The highest BCUT2D eigenvalue weighted by Gasteiger charge is 2.12. The number of ether oxygens (including phenoxy) is 2. The quantitative estimate of drug-likeness (QED) is 0.696. The lowest BCUT2D eigenvalue weighted by Gasteiger charge is -2.04. The predicted molar refractivity (Wildman–Crippen MR) is 54.5 cm³/mol.